The maximum absolute atomic E-state index is 13.3. The molecule has 0 amide bonds. The van der Waals surface area contributed by atoms with E-state index in [2.05, 4.69) is 16.0 Å². The summed E-state index contributed by atoms with van der Waals surface area (Å²) in [5, 5.41) is 0. The van der Waals surface area contributed by atoms with Crippen molar-refractivity contribution in [3.63, 3.8) is 0 Å². The van der Waals surface area contributed by atoms with E-state index in [1.165, 1.54) is 0 Å². The van der Waals surface area contributed by atoms with Crippen LogP contribution in [0.2, 0.25) is 0 Å². The van der Waals surface area contributed by atoms with Gasteiger partial charge < -0.3 is 18.6 Å². The maximum atomic E-state index is 13.3. The number of rotatable bonds is 5. The van der Waals surface area contributed by atoms with Crippen LogP contribution in [-0.2, 0) is 23.6 Å². The number of imidazole rings is 2. The third-order valence-corrected chi connectivity index (χ3v) is 6.80. The predicted octanol–water partition coefficient (Wildman–Crippen LogP) is 4.16. The fourth-order valence-electron chi connectivity index (χ4n) is 5.03. The van der Waals surface area contributed by atoms with E-state index in [9.17, 15) is 9.59 Å². The molecule has 2 aromatic carbocycles. The molecule has 0 N–H and O–H groups in total. The van der Waals surface area contributed by atoms with Crippen molar-refractivity contribution in [2.75, 3.05) is 0 Å². The SMILES string of the molecule is Cc1ccccc1[C@H]1c2ccccc2[C@H](C)C(OC(=O)c2cn(C)cn2)C1OC(=O)c1cn(C)cn1. The molecule has 0 fully saturated rings. The summed E-state index contributed by atoms with van der Waals surface area (Å²) in [4.78, 5) is 34.7. The average Bonchev–Trinajstić information content (AvgIpc) is 3.51. The van der Waals surface area contributed by atoms with E-state index < -0.39 is 24.1 Å². The van der Waals surface area contributed by atoms with E-state index in [1.54, 1.807) is 48.3 Å². The largest absolute Gasteiger partial charge is 0.453 e. The van der Waals surface area contributed by atoms with Crippen molar-refractivity contribution in [3.05, 3.63) is 107 Å². The molecule has 2 unspecified atom stereocenters. The number of esters is 2. The lowest BCUT2D eigenvalue weighted by Gasteiger charge is -2.42. The van der Waals surface area contributed by atoms with Crippen molar-refractivity contribution in [1.29, 1.82) is 0 Å². The molecule has 36 heavy (non-hydrogen) atoms. The molecule has 5 rings (SSSR count). The summed E-state index contributed by atoms with van der Waals surface area (Å²) >= 11 is 0. The Bertz CT molecular complexity index is 1420. The first-order chi connectivity index (χ1) is 17.3. The molecule has 2 aromatic heterocycles. The Morgan fingerprint density at radius 3 is 1.78 bits per heavy atom. The first kappa shape index (κ1) is 23.5. The molecule has 1 aliphatic carbocycles. The minimum atomic E-state index is -0.779. The number of benzene rings is 2. The number of aryl methyl sites for hydroxylation is 3. The highest BCUT2D eigenvalue weighted by molar-refractivity contribution is 5.88. The molecule has 2 heterocycles. The van der Waals surface area contributed by atoms with Gasteiger partial charge in [-0.1, -0.05) is 55.5 Å². The van der Waals surface area contributed by atoms with Crippen LogP contribution in [0.15, 0.2) is 73.6 Å². The Balaban J connectivity index is 1.62. The molecule has 0 saturated carbocycles. The van der Waals surface area contributed by atoms with Crippen LogP contribution in [-0.4, -0.2) is 43.2 Å². The number of fused-ring (bicyclic) bond motifs is 1. The van der Waals surface area contributed by atoms with Crippen LogP contribution in [0.5, 0.6) is 0 Å². The van der Waals surface area contributed by atoms with Crippen LogP contribution in [0, 0.1) is 6.92 Å². The second-order valence-electron chi connectivity index (χ2n) is 9.34. The summed E-state index contributed by atoms with van der Waals surface area (Å²) in [6.45, 7) is 4.02. The molecule has 1 aliphatic rings. The lowest BCUT2D eigenvalue weighted by atomic mass is 9.70. The first-order valence-electron chi connectivity index (χ1n) is 11.9. The van der Waals surface area contributed by atoms with Gasteiger partial charge in [-0.15, -0.1) is 0 Å². The summed E-state index contributed by atoms with van der Waals surface area (Å²) in [6.07, 6.45) is 4.79. The monoisotopic (exact) mass is 484 g/mol. The zero-order chi connectivity index (χ0) is 25.4. The summed E-state index contributed by atoms with van der Waals surface area (Å²) in [6, 6.07) is 16.1. The van der Waals surface area contributed by atoms with Crippen LogP contribution in [0.3, 0.4) is 0 Å². The van der Waals surface area contributed by atoms with Gasteiger partial charge in [-0.3, -0.25) is 0 Å². The second-order valence-corrected chi connectivity index (χ2v) is 9.34. The molecule has 4 aromatic rings. The van der Waals surface area contributed by atoms with E-state index >= 15 is 0 Å². The Morgan fingerprint density at radius 2 is 1.25 bits per heavy atom. The molecular weight excluding hydrogens is 456 g/mol. The topological polar surface area (TPSA) is 88.2 Å². The van der Waals surface area contributed by atoms with Gasteiger partial charge >= 0.3 is 11.9 Å². The number of ether oxygens (including phenoxy) is 2. The summed E-state index contributed by atoms with van der Waals surface area (Å²) in [5.41, 5.74) is 4.56. The van der Waals surface area contributed by atoms with Gasteiger partial charge in [0.15, 0.2) is 17.5 Å². The van der Waals surface area contributed by atoms with Gasteiger partial charge in [0.05, 0.1) is 18.6 Å². The van der Waals surface area contributed by atoms with Crippen LogP contribution in [0.25, 0.3) is 0 Å². The minimum absolute atomic E-state index is 0.197. The zero-order valence-corrected chi connectivity index (χ0v) is 20.7. The lowest BCUT2D eigenvalue weighted by Crippen LogP contribution is -2.47. The number of carbonyl (C=O) groups excluding carboxylic acids is 2. The van der Waals surface area contributed by atoms with Gasteiger partial charge in [0, 0.05) is 32.4 Å². The van der Waals surface area contributed by atoms with E-state index in [0.29, 0.717) is 0 Å². The number of carbonyl (C=O) groups is 2. The normalized spacial score (nSPS) is 21.0. The van der Waals surface area contributed by atoms with Gasteiger partial charge in [0.1, 0.15) is 6.10 Å². The molecule has 184 valence electrons. The smallest absolute Gasteiger partial charge is 0.358 e. The van der Waals surface area contributed by atoms with Crippen molar-refractivity contribution in [2.24, 2.45) is 14.1 Å². The highest BCUT2D eigenvalue weighted by Gasteiger charge is 2.47. The summed E-state index contributed by atoms with van der Waals surface area (Å²) in [7, 11) is 3.57. The van der Waals surface area contributed by atoms with Crippen molar-refractivity contribution in [3.8, 4) is 0 Å². The van der Waals surface area contributed by atoms with Gasteiger partial charge in [0.2, 0.25) is 0 Å². The highest BCUT2D eigenvalue weighted by atomic mass is 16.6. The quantitative estimate of drug-likeness (QED) is 0.395. The van der Waals surface area contributed by atoms with E-state index in [1.807, 2.05) is 56.3 Å². The Labute approximate surface area is 209 Å². The second kappa shape index (κ2) is 9.45. The van der Waals surface area contributed by atoms with E-state index in [-0.39, 0.29) is 23.2 Å². The van der Waals surface area contributed by atoms with Crippen molar-refractivity contribution in [2.45, 2.75) is 37.9 Å². The zero-order valence-electron chi connectivity index (χ0n) is 20.7. The standard InChI is InChI=1S/C28H28N4O4/c1-17-9-5-6-10-19(17)24-21-12-8-7-11-20(21)18(2)25(35-27(33)22-13-31(3)15-29-22)26(24)36-28(34)23-14-32(4)16-30-23/h5-16,18,24-26H,1-4H3/t18-,24-,25?,26?/m0/s1. The maximum Gasteiger partial charge on any atom is 0.358 e. The number of hydrogen-bond acceptors (Lipinski definition) is 6. The fourth-order valence-corrected chi connectivity index (χ4v) is 5.03. The summed E-state index contributed by atoms with van der Waals surface area (Å²) in [5.74, 6) is -1.69. The first-order valence-corrected chi connectivity index (χ1v) is 11.9. The number of hydrogen-bond donors (Lipinski definition) is 0. The van der Waals surface area contributed by atoms with Crippen LogP contribution < -0.4 is 0 Å². The molecule has 0 spiro atoms. The number of nitrogens with zero attached hydrogens (tertiary/aromatic N) is 4. The molecule has 8 nitrogen and oxygen atoms in total. The summed E-state index contributed by atoms with van der Waals surface area (Å²) < 4.78 is 15.6. The number of aromatic nitrogens is 4. The minimum Gasteiger partial charge on any atom is -0.453 e. The van der Waals surface area contributed by atoms with E-state index in [4.69, 9.17) is 9.47 Å². The van der Waals surface area contributed by atoms with E-state index in [0.717, 1.165) is 22.3 Å². The molecule has 4 atom stereocenters. The van der Waals surface area contributed by atoms with Crippen LogP contribution in [0.1, 0.15) is 62.0 Å². The molecule has 8 heteroatoms. The van der Waals surface area contributed by atoms with Crippen molar-refractivity contribution >= 4 is 11.9 Å². The third-order valence-electron chi connectivity index (χ3n) is 6.80. The predicted molar refractivity (Wildman–Crippen MR) is 133 cm³/mol. The van der Waals surface area contributed by atoms with Crippen molar-refractivity contribution in [1.82, 2.24) is 19.1 Å². The van der Waals surface area contributed by atoms with Gasteiger partial charge in [-0.2, -0.15) is 0 Å². The molecule has 0 radical (unpaired) electrons. The Hall–Kier alpha value is -4.20. The molecule has 0 saturated heterocycles. The van der Waals surface area contributed by atoms with Crippen molar-refractivity contribution < 1.29 is 19.1 Å². The average molecular weight is 485 g/mol. The van der Waals surface area contributed by atoms with Gasteiger partial charge in [0.25, 0.3) is 0 Å². The van der Waals surface area contributed by atoms with Crippen LogP contribution >= 0.6 is 0 Å². The molecule has 0 aliphatic heterocycles. The van der Waals surface area contributed by atoms with Gasteiger partial charge in [-0.05, 0) is 29.2 Å². The van der Waals surface area contributed by atoms with Crippen LogP contribution in [0.4, 0.5) is 0 Å². The Kier molecular flexibility index (Phi) is 6.18. The molecular formula is C28H28N4O4. The Morgan fingerprint density at radius 1 is 0.750 bits per heavy atom. The van der Waals surface area contributed by atoms with Gasteiger partial charge in [-0.25, -0.2) is 19.6 Å². The molecule has 0 bridgehead atoms. The third kappa shape index (κ3) is 4.30. The lowest BCUT2D eigenvalue weighted by molar-refractivity contribution is -0.0537. The highest BCUT2D eigenvalue weighted by Crippen LogP contribution is 2.46. The fraction of sp³-hybridized carbons (Fsp3) is 0.286.